The molecule has 0 aliphatic carbocycles. The number of fused-ring (bicyclic) bond motifs is 1. The number of nitrogens with one attached hydrogen (secondary N) is 2. The molecule has 1 spiro atoms. The number of likely N-dealkylation sites (tertiary alicyclic amines) is 1. The van der Waals surface area contributed by atoms with E-state index in [-0.39, 0.29) is 17.3 Å². The minimum absolute atomic E-state index is 0.0955. The number of nitrogens with zero attached hydrogens (tertiary/aromatic N) is 2. The number of hydrogen-bond donors (Lipinski definition) is 2. The smallest absolute Gasteiger partial charge is 0.254 e. The highest BCUT2D eigenvalue weighted by Crippen LogP contribution is 2.34. The van der Waals surface area contributed by atoms with E-state index in [0.717, 1.165) is 12.8 Å². The molecule has 1 aromatic carbocycles. The molecule has 1 saturated heterocycles. The van der Waals surface area contributed by atoms with Crippen LogP contribution in [0.1, 0.15) is 23.2 Å². The summed E-state index contributed by atoms with van der Waals surface area (Å²) in [6.07, 6.45) is 4.41. The molecule has 2 aliphatic heterocycles. The quantitative estimate of drug-likeness (QED) is 0.741. The van der Waals surface area contributed by atoms with E-state index >= 15 is 0 Å². The van der Waals surface area contributed by atoms with E-state index < -0.39 is 15.9 Å². The van der Waals surface area contributed by atoms with E-state index in [1.165, 1.54) is 6.20 Å². The van der Waals surface area contributed by atoms with Gasteiger partial charge in [-0.1, -0.05) is 10.3 Å². The molecule has 0 radical (unpaired) electrons. The molecule has 28 heavy (non-hydrogen) atoms. The fraction of sp³-hybridized carbons (Fsp3) is 0.368. The fourth-order valence-corrected chi connectivity index (χ4v) is 5.06. The molecule has 2 aliphatic rings. The second-order valence-electron chi connectivity index (χ2n) is 7.16. The van der Waals surface area contributed by atoms with E-state index in [1.54, 1.807) is 48.5 Å². The van der Waals surface area contributed by atoms with Gasteiger partial charge in [0.05, 0.1) is 31.1 Å². The second kappa shape index (κ2) is 7.16. The maximum absolute atomic E-state index is 13.0. The molecule has 8 nitrogen and oxygen atoms in total. The summed E-state index contributed by atoms with van der Waals surface area (Å²) in [6.45, 7) is 1.22. The molecule has 9 heteroatoms. The Balaban J connectivity index is 1.61. The number of sulfonamides is 1. The first-order valence-electron chi connectivity index (χ1n) is 9.08. The Bertz CT molecular complexity index is 953. The van der Waals surface area contributed by atoms with Gasteiger partial charge in [0.15, 0.2) is 10.4 Å². The van der Waals surface area contributed by atoms with Crippen LogP contribution in [0.5, 0.6) is 5.75 Å². The summed E-state index contributed by atoms with van der Waals surface area (Å²) in [5.74, 6) is 0.529. The van der Waals surface area contributed by atoms with Crippen LogP contribution in [0.25, 0.3) is 0 Å². The first-order chi connectivity index (χ1) is 13.4. The van der Waals surface area contributed by atoms with Gasteiger partial charge in [-0.15, -0.1) is 4.72 Å². The molecule has 1 amide bonds. The summed E-state index contributed by atoms with van der Waals surface area (Å²) in [4.78, 5) is 18.9. The standard InChI is InChI=1S/C19H22N4O4S/c1-27-15-5-2-4-14(10-15)18(24)23-9-3-7-19(13-23)12-21-28(25,26)17-11-20-8-6-16(17)22-19/h2,4-6,8,10-11H,3,7,9,12-13H2,1H3,(H2-,20,21,22,25,26). The van der Waals surface area contributed by atoms with Gasteiger partial charge < -0.3 is 19.5 Å². The Morgan fingerprint density at radius 3 is 3.07 bits per heavy atom. The molecule has 1 aromatic heterocycles. The summed E-state index contributed by atoms with van der Waals surface area (Å²) < 4.78 is 33.0. The summed E-state index contributed by atoms with van der Waals surface area (Å²) in [6, 6.07) is 8.71. The average Bonchev–Trinajstić information content (AvgIpc) is 2.82. The van der Waals surface area contributed by atoms with Gasteiger partial charge in [0.2, 0.25) is 4.90 Å². The molecule has 2 unspecified atom stereocenters. The SMILES string of the molecule is COc1cccc(C(=O)N2CCCC3(CN[S+](=O)([O-])c4cnccc4N3)C2)c1. The summed E-state index contributed by atoms with van der Waals surface area (Å²) in [5, 5.41) is 3.39. The fourth-order valence-electron chi connectivity index (χ4n) is 3.83. The van der Waals surface area contributed by atoms with Crippen LogP contribution in [0.3, 0.4) is 0 Å². The largest absolute Gasteiger partial charge is 0.593 e. The number of ether oxygens (including phenoxy) is 1. The van der Waals surface area contributed by atoms with Crippen LogP contribution in [0.15, 0.2) is 47.6 Å². The minimum atomic E-state index is -3.65. The molecule has 1 fully saturated rings. The van der Waals surface area contributed by atoms with Gasteiger partial charge in [-0.25, -0.2) is 0 Å². The van der Waals surface area contributed by atoms with Crippen molar-refractivity contribution >= 4 is 22.0 Å². The van der Waals surface area contributed by atoms with Crippen molar-refractivity contribution in [2.24, 2.45) is 0 Å². The molecule has 4 rings (SSSR count). The number of methoxy groups -OCH3 is 1. The maximum Gasteiger partial charge on any atom is 0.254 e. The van der Waals surface area contributed by atoms with Crippen LogP contribution in [-0.2, 0) is 14.6 Å². The number of pyridine rings is 1. The van der Waals surface area contributed by atoms with Gasteiger partial charge in [0.25, 0.3) is 5.91 Å². The summed E-state index contributed by atoms with van der Waals surface area (Å²) in [5.41, 5.74) is 0.484. The van der Waals surface area contributed by atoms with Crippen molar-refractivity contribution in [3.8, 4) is 5.75 Å². The Morgan fingerprint density at radius 1 is 1.39 bits per heavy atom. The molecular weight excluding hydrogens is 380 g/mol. The topological polar surface area (TPSA) is 107 Å². The number of carbonyl (C=O) groups excluding carboxylic acids is 1. The van der Waals surface area contributed by atoms with Crippen molar-refractivity contribution in [1.29, 1.82) is 0 Å². The van der Waals surface area contributed by atoms with Crippen LogP contribution in [0, 0.1) is 0 Å². The number of hydrogen-bond acceptors (Lipinski definition) is 6. The highest BCUT2D eigenvalue weighted by molar-refractivity contribution is 7.96. The van der Waals surface area contributed by atoms with Gasteiger partial charge in [0.1, 0.15) is 5.75 Å². The molecule has 2 atom stereocenters. The van der Waals surface area contributed by atoms with E-state index in [2.05, 4.69) is 15.0 Å². The maximum atomic E-state index is 13.0. The van der Waals surface area contributed by atoms with Gasteiger partial charge in [-0.05, 0) is 37.1 Å². The van der Waals surface area contributed by atoms with Crippen LogP contribution in [0.2, 0.25) is 0 Å². The normalized spacial score (nSPS) is 26.9. The molecule has 3 heterocycles. The number of anilines is 1. The van der Waals surface area contributed by atoms with Crippen LogP contribution < -0.4 is 14.8 Å². The first-order valence-corrected chi connectivity index (χ1v) is 10.6. The lowest BCUT2D eigenvalue weighted by atomic mass is 9.88. The zero-order valence-corrected chi connectivity index (χ0v) is 16.3. The highest BCUT2D eigenvalue weighted by Gasteiger charge is 2.43. The van der Waals surface area contributed by atoms with Crippen LogP contribution in [0.4, 0.5) is 5.69 Å². The third-order valence-corrected chi connectivity index (χ3v) is 6.68. The first kappa shape index (κ1) is 18.9. The zero-order chi connectivity index (χ0) is 19.8. The Morgan fingerprint density at radius 2 is 2.25 bits per heavy atom. The number of benzene rings is 1. The third-order valence-electron chi connectivity index (χ3n) is 5.26. The lowest BCUT2D eigenvalue weighted by Gasteiger charge is -2.42. The van der Waals surface area contributed by atoms with Crippen molar-refractivity contribution in [1.82, 2.24) is 14.6 Å². The Hall–Kier alpha value is -2.49. The average molecular weight is 402 g/mol. The van der Waals surface area contributed by atoms with E-state index in [1.807, 2.05) is 0 Å². The molecule has 148 valence electrons. The second-order valence-corrected chi connectivity index (χ2v) is 8.90. The summed E-state index contributed by atoms with van der Waals surface area (Å²) >= 11 is 0. The van der Waals surface area contributed by atoms with Crippen molar-refractivity contribution < 1.29 is 18.3 Å². The third kappa shape index (κ3) is 3.48. The number of amides is 1. The van der Waals surface area contributed by atoms with Crippen LogP contribution >= 0.6 is 0 Å². The lowest BCUT2D eigenvalue weighted by molar-refractivity contribution is 0.0663. The van der Waals surface area contributed by atoms with Gasteiger partial charge in [-0.2, -0.15) is 0 Å². The van der Waals surface area contributed by atoms with Gasteiger partial charge in [-0.3, -0.25) is 9.78 Å². The molecular formula is C19H22N4O4S. The number of piperidine rings is 1. The summed E-state index contributed by atoms with van der Waals surface area (Å²) in [7, 11) is -2.08. The zero-order valence-electron chi connectivity index (χ0n) is 15.5. The Labute approximate surface area is 164 Å². The van der Waals surface area contributed by atoms with E-state index in [4.69, 9.17) is 4.74 Å². The van der Waals surface area contributed by atoms with E-state index in [9.17, 15) is 13.6 Å². The van der Waals surface area contributed by atoms with Crippen molar-refractivity contribution in [2.75, 3.05) is 32.1 Å². The van der Waals surface area contributed by atoms with Crippen molar-refractivity contribution in [3.63, 3.8) is 0 Å². The highest BCUT2D eigenvalue weighted by atomic mass is 32.3. The number of aromatic nitrogens is 1. The van der Waals surface area contributed by atoms with Crippen LogP contribution in [-0.4, -0.2) is 52.6 Å². The van der Waals surface area contributed by atoms with Crippen molar-refractivity contribution in [3.05, 3.63) is 48.3 Å². The lowest BCUT2D eigenvalue weighted by Crippen LogP contribution is -2.59. The molecule has 2 N–H and O–H groups in total. The van der Waals surface area contributed by atoms with Gasteiger partial charge in [0, 0.05) is 24.8 Å². The monoisotopic (exact) mass is 402 g/mol. The number of rotatable bonds is 2. The predicted octanol–water partition coefficient (Wildman–Crippen LogP) is 1.68. The molecule has 2 aromatic rings. The predicted molar refractivity (Wildman–Crippen MR) is 104 cm³/mol. The molecule has 0 bridgehead atoms. The van der Waals surface area contributed by atoms with Crippen molar-refractivity contribution in [2.45, 2.75) is 23.3 Å². The minimum Gasteiger partial charge on any atom is -0.593 e. The van der Waals surface area contributed by atoms with E-state index in [0.29, 0.717) is 30.1 Å². The molecule has 0 saturated carbocycles. The van der Waals surface area contributed by atoms with Gasteiger partial charge >= 0.3 is 0 Å². The number of carbonyl (C=O) groups is 1. The Kier molecular flexibility index (Phi) is 4.82.